The number of nitrogens with one attached hydrogen (secondary N) is 1. The molecule has 0 aliphatic heterocycles. The molecule has 9 heteroatoms. The van der Waals surface area contributed by atoms with E-state index in [0.29, 0.717) is 5.82 Å². The zero-order valence-electron chi connectivity index (χ0n) is 11.5. The summed E-state index contributed by atoms with van der Waals surface area (Å²) in [5, 5.41) is 3.89. The Balaban J connectivity index is 2.18. The lowest BCUT2D eigenvalue weighted by Crippen LogP contribution is -2.28. The molecule has 0 saturated carbocycles. The Morgan fingerprint density at radius 2 is 2.10 bits per heavy atom. The highest BCUT2D eigenvalue weighted by Gasteiger charge is 2.14. The van der Waals surface area contributed by atoms with Crippen molar-refractivity contribution in [3.63, 3.8) is 0 Å². The van der Waals surface area contributed by atoms with Crippen LogP contribution in [0.3, 0.4) is 0 Å². The van der Waals surface area contributed by atoms with Crippen molar-refractivity contribution in [2.75, 3.05) is 37.4 Å². The Hall–Kier alpha value is -1.45. The van der Waals surface area contributed by atoms with Gasteiger partial charge in [0.05, 0.1) is 11.1 Å². The summed E-state index contributed by atoms with van der Waals surface area (Å²) >= 11 is 1.53. The normalized spacial score (nSPS) is 12.2. The summed E-state index contributed by atoms with van der Waals surface area (Å²) in [5.41, 5.74) is 5.66. The molecule has 0 bridgehead atoms. The van der Waals surface area contributed by atoms with Gasteiger partial charge in [-0.1, -0.05) is 0 Å². The van der Waals surface area contributed by atoms with Crippen molar-refractivity contribution in [1.82, 2.24) is 14.3 Å². The van der Waals surface area contributed by atoms with Crippen molar-refractivity contribution in [2.45, 2.75) is 6.92 Å². The third-order valence-electron chi connectivity index (χ3n) is 2.74. The Morgan fingerprint density at radius 1 is 1.40 bits per heavy atom. The molecule has 2 rings (SSSR count). The van der Waals surface area contributed by atoms with Crippen LogP contribution in [0.15, 0.2) is 6.07 Å². The first-order chi connectivity index (χ1) is 9.29. The first kappa shape index (κ1) is 14.9. The predicted molar refractivity (Wildman–Crippen MR) is 82.5 cm³/mol. The van der Waals surface area contributed by atoms with Crippen LogP contribution in [-0.2, 0) is 10.0 Å². The zero-order valence-corrected chi connectivity index (χ0v) is 13.2. The van der Waals surface area contributed by atoms with E-state index in [1.165, 1.54) is 29.7 Å². The summed E-state index contributed by atoms with van der Waals surface area (Å²) in [6.45, 7) is 2.24. The predicted octanol–water partition coefficient (Wildman–Crippen LogP) is 0.885. The minimum atomic E-state index is -3.23. The lowest BCUT2D eigenvalue weighted by Gasteiger charge is -2.12. The monoisotopic (exact) mass is 315 g/mol. The molecular formula is C11H17N5O2S2. The van der Waals surface area contributed by atoms with E-state index < -0.39 is 10.0 Å². The van der Waals surface area contributed by atoms with Crippen LogP contribution in [0.4, 0.5) is 11.8 Å². The molecule has 0 radical (unpaired) electrons. The van der Waals surface area contributed by atoms with Crippen LogP contribution in [-0.4, -0.2) is 49.1 Å². The minimum absolute atomic E-state index is 0.00544. The Morgan fingerprint density at radius 3 is 2.75 bits per heavy atom. The molecule has 0 atom stereocenters. The number of nitrogens with two attached hydrogens (primary N) is 1. The molecule has 0 unspecified atom stereocenters. The van der Waals surface area contributed by atoms with Gasteiger partial charge in [-0.05, 0) is 13.0 Å². The van der Waals surface area contributed by atoms with Gasteiger partial charge in [-0.2, -0.15) is 4.98 Å². The van der Waals surface area contributed by atoms with E-state index >= 15 is 0 Å². The third kappa shape index (κ3) is 3.17. The average molecular weight is 315 g/mol. The molecule has 0 saturated heterocycles. The quantitative estimate of drug-likeness (QED) is 0.849. The summed E-state index contributed by atoms with van der Waals surface area (Å²) in [6.07, 6.45) is 0. The second-order valence-corrected chi connectivity index (χ2v) is 8.07. The van der Waals surface area contributed by atoms with Gasteiger partial charge in [-0.15, -0.1) is 11.3 Å². The fourth-order valence-corrected chi connectivity index (χ4v) is 3.29. The number of sulfonamides is 1. The number of hydrogen-bond donors (Lipinski definition) is 2. The van der Waals surface area contributed by atoms with Gasteiger partial charge in [-0.25, -0.2) is 17.7 Å². The molecule has 0 amide bonds. The fraction of sp³-hybridized carbons (Fsp3) is 0.455. The molecule has 2 heterocycles. The Kier molecular flexibility index (Phi) is 4.11. The Labute approximate surface area is 121 Å². The molecular weight excluding hydrogens is 298 g/mol. The molecule has 20 heavy (non-hydrogen) atoms. The van der Waals surface area contributed by atoms with E-state index in [9.17, 15) is 8.42 Å². The lowest BCUT2D eigenvalue weighted by atomic mass is 10.3. The van der Waals surface area contributed by atoms with E-state index in [2.05, 4.69) is 15.3 Å². The van der Waals surface area contributed by atoms with Gasteiger partial charge in [0.15, 0.2) is 0 Å². The van der Waals surface area contributed by atoms with Gasteiger partial charge in [-0.3, -0.25) is 0 Å². The second kappa shape index (κ2) is 5.51. The summed E-state index contributed by atoms with van der Waals surface area (Å²) in [5.74, 6) is 0.747. The SMILES string of the molecule is Cc1cc2c(NCCS(=O)(=O)N(C)C)nc(N)nc2s1. The third-order valence-corrected chi connectivity index (χ3v) is 5.52. The molecule has 0 fully saturated rings. The molecule has 2 aromatic heterocycles. The van der Waals surface area contributed by atoms with Gasteiger partial charge in [0.2, 0.25) is 16.0 Å². The maximum atomic E-state index is 11.7. The fourth-order valence-electron chi connectivity index (χ4n) is 1.67. The van der Waals surface area contributed by atoms with Crippen molar-refractivity contribution < 1.29 is 8.42 Å². The van der Waals surface area contributed by atoms with Crippen molar-refractivity contribution in [3.8, 4) is 0 Å². The molecule has 0 aliphatic carbocycles. The van der Waals surface area contributed by atoms with Gasteiger partial charge in [0.25, 0.3) is 0 Å². The molecule has 3 N–H and O–H groups in total. The topological polar surface area (TPSA) is 101 Å². The number of nitrogens with zero attached hydrogens (tertiary/aromatic N) is 3. The van der Waals surface area contributed by atoms with E-state index in [1.54, 1.807) is 0 Å². The van der Waals surface area contributed by atoms with Crippen molar-refractivity contribution in [1.29, 1.82) is 0 Å². The van der Waals surface area contributed by atoms with E-state index in [-0.39, 0.29) is 18.2 Å². The first-order valence-corrected chi connectivity index (χ1v) is 8.40. The van der Waals surface area contributed by atoms with Gasteiger partial charge in [0, 0.05) is 25.5 Å². The van der Waals surface area contributed by atoms with Crippen molar-refractivity contribution in [3.05, 3.63) is 10.9 Å². The average Bonchev–Trinajstić information content (AvgIpc) is 2.68. The Bertz CT molecular complexity index is 724. The summed E-state index contributed by atoms with van der Waals surface area (Å²) in [7, 11) is -0.203. The molecule has 2 aromatic rings. The number of nitrogen functional groups attached to an aromatic ring is 1. The van der Waals surface area contributed by atoms with Crippen molar-refractivity contribution in [2.24, 2.45) is 0 Å². The number of fused-ring (bicyclic) bond motifs is 1. The van der Waals surface area contributed by atoms with E-state index in [1.807, 2.05) is 13.0 Å². The van der Waals surface area contributed by atoms with Crippen LogP contribution in [0, 0.1) is 6.92 Å². The number of anilines is 2. The zero-order chi connectivity index (χ0) is 14.9. The summed E-state index contributed by atoms with van der Waals surface area (Å²) in [6, 6.07) is 1.96. The maximum Gasteiger partial charge on any atom is 0.223 e. The summed E-state index contributed by atoms with van der Waals surface area (Å²) < 4.78 is 24.6. The van der Waals surface area contributed by atoms with Crippen LogP contribution in [0.1, 0.15) is 4.88 Å². The lowest BCUT2D eigenvalue weighted by molar-refractivity contribution is 0.521. The van der Waals surface area contributed by atoms with Crippen molar-refractivity contribution >= 4 is 43.3 Å². The molecule has 7 nitrogen and oxygen atoms in total. The summed E-state index contributed by atoms with van der Waals surface area (Å²) in [4.78, 5) is 10.2. The molecule has 0 spiro atoms. The van der Waals surface area contributed by atoms with Crippen LogP contribution >= 0.6 is 11.3 Å². The van der Waals surface area contributed by atoms with E-state index in [0.717, 1.165) is 15.1 Å². The highest BCUT2D eigenvalue weighted by molar-refractivity contribution is 7.89. The highest BCUT2D eigenvalue weighted by atomic mass is 32.2. The molecule has 110 valence electrons. The first-order valence-electron chi connectivity index (χ1n) is 5.97. The van der Waals surface area contributed by atoms with E-state index in [4.69, 9.17) is 5.73 Å². The largest absolute Gasteiger partial charge is 0.368 e. The maximum absolute atomic E-state index is 11.7. The van der Waals surface area contributed by atoms with Crippen LogP contribution in [0.2, 0.25) is 0 Å². The molecule has 0 aliphatic rings. The number of thiophene rings is 1. The van der Waals surface area contributed by atoms with Gasteiger partial charge >= 0.3 is 0 Å². The van der Waals surface area contributed by atoms with Crippen LogP contribution in [0.5, 0.6) is 0 Å². The number of aromatic nitrogens is 2. The van der Waals surface area contributed by atoms with Crippen LogP contribution < -0.4 is 11.1 Å². The minimum Gasteiger partial charge on any atom is -0.368 e. The molecule has 0 aromatic carbocycles. The smallest absolute Gasteiger partial charge is 0.223 e. The number of hydrogen-bond acceptors (Lipinski definition) is 7. The number of rotatable bonds is 5. The standard InChI is InChI=1S/C11H17N5O2S2/c1-7-6-8-9(14-11(12)15-10(8)19-7)13-4-5-20(17,18)16(2)3/h6H,4-5H2,1-3H3,(H3,12,13,14,15). The van der Waals surface area contributed by atoms with Crippen LogP contribution in [0.25, 0.3) is 10.2 Å². The van der Waals surface area contributed by atoms with Gasteiger partial charge < -0.3 is 11.1 Å². The highest BCUT2D eigenvalue weighted by Crippen LogP contribution is 2.28. The van der Waals surface area contributed by atoms with Gasteiger partial charge in [0.1, 0.15) is 10.6 Å². The second-order valence-electron chi connectivity index (χ2n) is 4.53. The number of aryl methyl sites for hydroxylation is 1.